The van der Waals surface area contributed by atoms with E-state index < -0.39 is 9.84 Å². The Labute approximate surface area is 119 Å². The number of sulfone groups is 1. The van der Waals surface area contributed by atoms with Crippen molar-refractivity contribution in [2.45, 2.75) is 16.6 Å². The minimum Gasteiger partial charge on any atom is -0.497 e. The van der Waals surface area contributed by atoms with Crippen molar-refractivity contribution in [3.63, 3.8) is 0 Å². The predicted molar refractivity (Wildman–Crippen MR) is 77.0 cm³/mol. The van der Waals surface area contributed by atoms with E-state index >= 15 is 0 Å². The number of nitrogens with zero attached hydrogens (tertiary/aromatic N) is 1. The van der Waals surface area contributed by atoms with Gasteiger partial charge in [0.2, 0.25) is 0 Å². The summed E-state index contributed by atoms with van der Waals surface area (Å²) in [5.41, 5.74) is 0.893. The number of benzene rings is 1. The zero-order valence-corrected chi connectivity index (χ0v) is 12.4. The van der Waals surface area contributed by atoms with Gasteiger partial charge in [0.15, 0.2) is 9.84 Å². The van der Waals surface area contributed by atoms with E-state index in [0.29, 0.717) is 17.9 Å². The van der Waals surface area contributed by atoms with E-state index in [1.807, 2.05) is 6.07 Å². The van der Waals surface area contributed by atoms with Gasteiger partial charge in [-0.2, -0.15) is 0 Å². The molecule has 5 nitrogen and oxygen atoms in total. The maximum absolute atomic E-state index is 12.6. The number of piperazine rings is 1. The number of fused-ring (bicyclic) bond motifs is 1. The summed E-state index contributed by atoms with van der Waals surface area (Å²) in [6, 6.07) is 5.26. The molecule has 1 saturated heterocycles. The van der Waals surface area contributed by atoms with Crippen LogP contribution in [0.4, 0.5) is 0 Å². The fraction of sp³-hybridized carbons (Fsp3) is 0.571. The Bertz CT molecular complexity index is 594. The highest BCUT2D eigenvalue weighted by molar-refractivity contribution is 7.92. The number of methoxy groups -OCH3 is 1. The molecule has 2 heterocycles. The third-order valence-corrected chi connectivity index (χ3v) is 6.34. The summed E-state index contributed by atoms with van der Waals surface area (Å²) in [7, 11) is -1.59. The lowest BCUT2D eigenvalue weighted by atomic mass is 10.1. The van der Waals surface area contributed by atoms with Crippen molar-refractivity contribution >= 4 is 9.84 Å². The van der Waals surface area contributed by atoms with Crippen LogP contribution in [-0.4, -0.2) is 58.4 Å². The SMILES string of the molecule is COc1ccc2c(c1)CC(CN1CCNCC1)S2(=O)=O. The smallest absolute Gasteiger partial charge is 0.183 e. The van der Waals surface area contributed by atoms with E-state index in [4.69, 9.17) is 4.74 Å². The van der Waals surface area contributed by atoms with Crippen LogP contribution in [0, 0.1) is 0 Å². The van der Waals surface area contributed by atoms with E-state index in [-0.39, 0.29) is 5.25 Å². The highest BCUT2D eigenvalue weighted by Crippen LogP contribution is 2.34. The van der Waals surface area contributed by atoms with Crippen LogP contribution in [0.15, 0.2) is 23.1 Å². The molecule has 1 N–H and O–H groups in total. The Morgan fingerprint density at radius 3 is 2.80 bits per heavy atom. The Morgan fingerprint density at radius 1 is 1.35 bits per heavy atom. The zero-order valence-electron chi connectivity index (χ0n) is 11.6. The molecule has 1 fully saturated rings. The van der Waals surface area contributed by atoms with Crippen LogP contribution in [-0.2, 0) is 16.3 Å². The number of hydrogen-bond acceptors (Lipinski definition) is 5. The number of hydrogen-bond donors (Lipinski definition) is 1. The molecule has 20 heavy (non-hydrogen) atoms. The normalized spacial score (nSPS) is 25.4. The quantitative estimate of drug-likeness (QED) is 0.869. The Hall–Kier alpha value is -1.11. The first-order chi connectivity index (χ1) is 9.61. The van der Waals surface area contributed by atoms with Crippen molar-refractivity contribution in [2.24, 2.45) is 0 Å². The topological polar surface area (TPSA) is 58.6 Å². The molecule has 6 heteroatoms. The third kappa shape index (κ3) is 2.43. The first-order valence-corrected chi connectivity index (χ1v) is 8.50. The second-order valence-electron chi connectivity index (χ2n) is 5.40. The molecule has 0 saturated carbocycles. The van der Waals surface area contributed by atoms with Gasteiger partial charge in [-0.25, -0.2) is 8.42 Å². The van der Waals surface area contributed by atoms with Crippen LogP contribution in [0.5, 0.6) is 5.75 Å². The number of rotatable bonds is 3. The first kappa shape index (κ1) is 13.9. The molecular formula is C14H20N2O3S. The van der Waals surface area contributed by atoms with Crippen molar-refractivity contribution in [1.82, 2.24) is 10.2 Å². The van der Waals surface area contributed by atoms with Crippen molar-refractivity contribution in [1.29, 1.82) is 0 Å². The lowest BCUT2D eigenvalue weighted by Gasteiger charge is -2.29. The molecule has 1 aromatic carbocycles. The van der Waals surface area contributed by atoms with Crippen molar-refractivity contribution in [3.8, 4) is 5.75 Å². The van der Waals surface area contributed by atoms with Gasteiger partial charge in [0.25, 0.3) is 0 Å². The molecule has 0 radical (unpaired) electrons. The largest absolute Gasteiger partial charge is 0.497 e. The molecule has 0 aromatic heterocycles. The summed E-state index contributed by atoms with van der Waals surface area (Å²) < 4.78 is 30.3. The lowest BCUT2D eigenvalue weighted by molar-refractivity contribution is 0.240. The lowest BCUT2D eigenvalue weighted by Crippen LogP contribution is -2.47. The van der Waals surface area contributed by atoms with Crippen LogP contribution >= 0.6 is 0 Å². The Balaban J connectivity index is 1.81. The number of ether oxygens (including phenoxy) is 1. The van der Waals surface area contributed by atoms with Gasteiger partial charge in [0.05, 0.1) is 17.3 Å². The van der Waals surface area contributed by atoms with Crippen molar-refractivity contribution < 1.29 is 13.2 Å². The van der Waals surface area contributed by atoms with Crippen LogP contribution in [0.25, 0.3) is 0 Å². The van der Waals surface area contributed by atoms with Gasteiger partial charge in [-0.1, -0.05) is 0 Å². The van der Waals surface area contributed by atoms with Crippen molar-refractivity contribution in [2.75, 3.05) is 39.8 Å². The molecule has 1 atom stereocenters. The minimum absolute atomic E-state index is 0.317. The third-order valence-electron chi connectivity index (χ3n) is 4.13. The second-order valence-corrected chi connectivity index (χ2v) is 7.59. The second kappa shape index (κ2) is 5.35. The Morgan fingerprint density at radius 2 is 2.10 bits per heavy atom. The average molecular weight is 296 g/mol. The monoisotopic (exact) mass is 296 g/mol. The van der Waals surface area contributed by atoms with Gasteiger partial charge < -0.3 is 10.1 Å². The van der Waals surface area contributed by atoms with Gasteiger partial charge in [0.1, 0.15) is 5.75 Å². The summed E-state index contributed by atoms with van der Waals surface area (Å²) in [6.45, 7) is 4.35. The van der Waals surface area contributed by atoms with Crippen LogP contribution < -0.4 is 10.1 Å². The molecule has 3 rings (SSSR count). The molecule has 2 aliphatic rings. The average Bonchev–Trinajstić information content (AvgIpc) is 2.71. The molecule has 0 bridgehead atoms. The number of nitrogens with one attached hydrogen (secondary N) is 1. The van der Waals surface area contributed by atoms with Gasteiger partial charge in [0, 0.05) is 32.7 Å². The van der Waals surface area contributed by atoms with Gasteiger partial charge in [-0.05, 0) is 30.2 Å². The summed E-state index contributed by atoms with van der Waals surface area (Å²) in [5, 5.41) is 2.97. The summed E-state index contributed by atoms with van der Waals surface area (Å²) in [6.07, 6.45) is 0.596. The van der Waals surface area contributed by atoms with Gasteiger partial charge in [-0.15, -0.1) is 0 Å². The van der Waals surface area contributed by atoms with Crippen LogP contribution in [0.1, 0.15) is 5.56 Å². The maximum Gasteiger partial charge on any atom is 0.183 e. The van der Waals surface area contributed by atoms with E-state index in [2.05, 4.69) is 10.2 Å². The molecular weight excluding hydrogens is 276 g/mol. The van der Waals surface area contributed by atoms with E-state index in [1.54, 1.807) is 19.2 Å². The maximum atomic E-state index is 12.6. The first-order valence-electron chi connectivity index (χ1n) is 6.95. The predicted octanol–water partition coefficient (Wildman–Crippen LogP) is 0.299. The summed E-state index contributed by atoms with van der Waals surface area (Å²) >= 11 is 0. The molecule has 0 aliphatic carbocycles. The van der Waals surface area contributed by atoms with Crippen molar-refractivity contribution in [3.05, 3.63) is 23.8 Å². The van der Waals surface area contributed by atoms with E-state index in [9.17, 15) is 8.42 Å². The molecule has 0 amide bonds. The summed E-state index contributed by atoms with van der Waals surface area (Å²) in [5.74, 6) is 0.724. The summed E-state index contributed by atoms with van der Waals surface area (Å²) in [4.78, 5) is 2.72. The molecule has 1 unspecified atom stereocenters. The van der Waals surface area contributed by atoms with Gasteiger partial charge >= 0.3 is 0 Å². The zero-order chi connectivity index (χ0) is 14.2. The van der Waals surface area contributed by atoms with Gasteiger partial charge in [-0.3, -0.25) is 4.90 Å². The molecule has 1 aromatic rings. The molecule has 0 spiro atoms. The Kier molecular flexibility index (Phi) is 3.70. The van der Waals surface area contributed by atoms with E-state index in [1.165, 1.54) is 0 Å². The highest BCUT2D eigenvalue weighted by atomic mass is 32.2. The highest BCUT2D eigenvalue weighted by Gasteiger charge is 2.38. The fourth-order valence-electron chi connectivity index (χ4n) is 3.00. The fourth-order valence-corrected chi connectivity index (χ4v) is 4.93. The van der Waals surface area contributed by atoms with Crippen LogP contribution in [0.3, 0.4) is 0 Å². The molecule has 110 valence electrons. The van der Waals surface area contributed by atoms with E-state index in [0.717, 1.165) is 37.5 Å². The molecule has 2 aliphatic heterocycles. The standard InChI is InChI=1S/C14H20N2O3S/c1-19-12-2-3-14-11(8-12)9-13(20(14,17)18)10-16-6-4-15-5-7-16/h2-3,8,13,15H,4-7,9-10H2,1H3. The van der Waals surface area contributed by atoms with Crippen LogP contribution in [0.2, 0.25) is 0 Å². The minimum atomic E-state index is -3.19.